The van der Waals surface area contributed by atoms with Crippen molar-refractivity contribution in [3.05, 3.63) is 102 Å². The highest BCUT2D eigenvalue weighted by Crippen LogP contribution is 2.25. The van der Waals surface area contributed by atoms with Gasteiger partial charge in [-0.2, -0.15) is 12.6 Å². The highest BCUT2D eigenvalue weighted by atomic mass is 32.1. The fourth-order valence-corrected chi connectivity index (χ4v) is 13.1. The normalized spacial score (nSPS) is 15.4. The summed E-state index contributed by atoms with van der Waals surface area (Å²) in [5.74, 6) is -16.0. The molecule has 2 fully saturated rings. The molecule has 2 saturated heterocycles. The Labute approximate surface area is 675 Å². The molecule has 634 valence electrons. The highest BCUT2D eigenvalue weighted by molar-refractivity contribution is 7.80. The lowest BCUT2D eigenvalue weighted by Gasteiger charge is -2.35. The van der Waals surface area contributed by atoms with Crippen molar-refractivity contribution in [1.29, 1.82) is 5.41 Å². The molecule has 15 amide bonds. The molecule has 116 heavy (non-hydrogen) atoms. The van der Waals surface area contributed by atoms with Crippen LogP contribution in [0.15, 0.2) is 84.9 Å². The monoisotopic (exact) mass is 1640 g/mol. The van der Waals surface area contributed by atoms with E-state index in [0.29, 0.717) is 40.2 Å². The van der Waals surface area contributed by atoms with Gasteiger partial charge in [-0.1, -0.05) is 72.8 Å². The van der Waals surface area contributed by atoms with Crippen LogP contribution in [0.3, 0.4) is 0 Å². The Kier molecular flexibility index (Phi) is 38.3. The second-order valence-corrected chi connectivity index (χ2v) is 28.7. The third-order valence-electron chi connectivity index (χ3n) is 19.1. The summed E-state index contributed by atoms with van der Waals surface area (Å²) in [7, 11) is 9.41. The van der Waals surface area contributed by atoms with Gasteiger partial charge in [-0.15, -0.1) is 0 Å². The average molecular weight is 1640 g/mol. The Balaban J connectivity index is 1.25. The molecule has 0 aliphatic carbocycles. The van der Waals surface area contributed by atoms with Crippen LogP contribution in [0.4, 0.5) is 0 Å². The number of aromatic hydroxyl groups is 1. The van der Waals surface area contributed by atoms with E-state index in [0.717, 1.165) is 33.7 Å². The Bertz CT molecular complexity index is 3980. The molecule has 0 bridgehead atoms. The second-order valence-electron chi connectivity index (χ2n) is 28.3. The predicted octanol–water partition coefficient (Wildman–Crippen LogP) is -6.10. The van der Waals surface area contributed by atoms with Crippen molar-refractivity contribution in [2.75, 3.05) is 127 Å². The summed E-state index contributed by atoms with van der Waals surface area (Å²) in [5, 5.41) is 69.4. The third kappa shape index (κ3) is 30.1. The summed E-state index contributed by atoms with van der Waals surface area (Å²) in [6, 6.07) is 10.3. The Morgan fingerprint density at radius 3 is 1.55 bits per heavy atom. The highest BCUT2D eigenvalue weighted by Gasteiger charge is 2.44. The minimum Gasteiger partial charge on any atom is -0.508 e. The summed E-state index contributed by atoms with van der Waals surface area (Å²) >= 11 is 4.20. The van der Waals surface area contributed by atoms with Gasteiger partial charge in [0.15, 0.2) is 5.96 Å². The number of carbonyl (C=O) groups is 17. The van der Waals surface area contributed by atoms with Gasteiger partial charge in [0.2, 0.25) is 88.6 Å². The minimum absolute atomic E-state index is 0.0138. The number of nitrogens with one attached hydrogen (secondary N) is 10. The zero-order valence-corrected chi connectivity index (χ0v) is 66.8. The van der Waals surface area contributed by atoms with Crippen molar-refractivity contribution < 1.29 is 102 Å². The SMILES string of the molecule is CN(C)CC(=O)NCC(=O)N[C@@H](CC(=O)O)C(=O)N1CCC[C@H]1C(=O)N(C)CC(=O)N[C@@H](CC(=O)O)C(=O)NCC(=O)N(C)[C@@H](CO)C(=O)NCC(=O)N[C@@H](CCCNC(=N)N)C(=O)N(C)[C@@H](Cc1ccccc1)C(=O)N(C)CC(=O)N[C@@H](Cc1ccc(O)cc1)C(=O)N(C)[C@@H](Cc1ccccc1)C(=O)N1CCC[C@H]1C(=O)NCCS. The summed E-state index contributed by atoms with van der Waals surface area (Å²) in [6.45, 7) is -4.69. The number of amides is 15. The summed E-state index contributed by atoms with van der Waals surface area (Å²) in [6.07, 6.45) is -1.17. The van der Waals surface area contributed by atoms with E-state index < -0.39 is 207 Å². The molecule has 0 aromatic heterocycles. The van der Waals surface area contributed by atoms with Crippen molar-refractivity contribution in [2.45, 2.75) is 125 Å². The smallest absolute Gasteiger partial charge is 0.305 e. The van der Waals surface area contributed by atoms with Crippen LogP contribution in [-0.2, 0) is 101 Å². The number of hydrogen-bond donors (Lipinski definition) is 16. The van der Waals surface area contributed by atoms with E-state index in [1.165, 1.54) is 60.1 Å². The molecule has 0 saturated carbocycles. The molecule has 41 heteroatoms. The van der Waals surface area contributed by atoms with Crippen LogP contribution in [0.2, 0.25) is 0 Å². The van der Waals surface area contributed by atoms with Crippen LogP contribution in [0, 0.1) is 5.41 Å². The number of aliphatic hydroxyl groups is 1. The maximum absolute atomic E-state index is 15.0. The number of likely N-dealkylation sites (tertiary alicyclic amines) is 2. The summed E-state index contributed by atoms with van der Waals surface area (Å²) in [4.78, 5) is 240. The van der Waals surface area contributed by atoms with E-state index in [1.54, 1.807) is 74.8 Å². The first-order valence-electron chi connectivity index (χ1n) is 37.4. The summed E-state index contributed by atoms with van der Waals surface area (Å²) in [5.41, 5.74) is 7.25. The number of benzene rings is 3. The number of aliphatic hydroxyl groups excluding tert-OH is 1. The largest absolute Gasteiger partial charge is 0.508 e. The van der Waals surface area contributed by atoms with Crippen LogP contribution in [-0.4, -0.2) is 348 Å². The number of rotatable bonds is 45. The number of nitrogens with zero attached hydrogens (tertiary/aromatic N) is 8. The molecule has 16 N–H and O–H groups in total. The van der Waals surface area contributed by atoms with E-state index >= 15 is 4.79 Å². The van der Waals surface area contributed by atoms with Crippen LogP contribution in [0.1, 0.15) is 68.1 Å². The number of guanidine groups is 1. The van der Waals surface area contributed by atoms with Crippen molar-refractivity contribution in [3.8, 4) is 5.75 Å². The van der Waals surface area contributed by atoms with E-state index in [9.17, 15) is 97.1 Å². The number of phenols is 1. The minimum atomic E-state index is -1.89. The first-order chi connectivity index (χ1) is 54.9. The number of likely N-dealkylation sites (N-methyl/N-ethyl adjacent to an activating group) is 6. The molecule has 3 aromatic rings. The van der Waals surface area contributed by atoms with Gasteiger partial charge in [0.25, 0.3) is 0 Å². The van der Waals surface area contributed by atoms with Crippen molar-refractivity contribution >= 4 is 119 Å². The molecule has 2 heterocycles. The van der Waals surface area contributed by atoms with Gasteiger partial charge in [-0.05, 0) is 81.4 Å². The van der Waals surface area contributed by atoms with Crippen molar-refractivity contribution in [1.82, 2.24) is 87.1 Å². The Hall–Kier alpha value is -12.0. The van der Waals surface area contributed by atoms with Crippen LogP contribution >= 0.6 is 12.6 Å². The number of aliphatic carboxylic acids is 2. The molecule has 3 aromatic carbocycles. The van der Waals surface area contributed by atoms with Crippen molar-refractivity contribution in [3.63, 3.8) is 0 Å². The quantitative estimate of drug-likeness (QED) is 0.0108. The van der Waals surface area contributed by atoms with E-state index in [1.807, 2.05) is 0 Å². The lowest BCUT2D eigenvalue weighted by Crippen LogP contribution is -2.59. The fourth-order valence-electron chi connectivity index (χ4n) is 13.0. The number of carbonyl (C=O) groups excluding carboxylic acids is 15. The molecule has 0 spiro atoms. The maximum atomic E-state index is 15.0. The topological polar surface area (TPSA) is 555 Å². The predicted molar refractivity (Wildman–Crippen MR) is 419 cm³/mol. The molecule has 0 radical (unpaired) electrons. The lowest BCUT2D eigenvalue weighted by molar-refractivity contribution is -0.149. The number of hydrogen-bond acceptors (Lipinski definition) is 22. The van der Waals surface area contributed by atoms with E-state index in [-0.39, 0.29) is 89.3 Å². The Morgan fingerprint density at radius 2 is 0.991 bits per heavy atom. The van der Waals surface area contributed by atoms with Gasteiger partial charge in [-0.3, -0.25) is 86.9 Å². The van der Waals surface area contributed by atoms with Gasteiger partial charge in [-0.25, -0.2) is 0 Å². The Morgan fingerprint density at radius 1 is 0.500 bits per heavy atom. The maximum Gasteiger partial charge on any atom is 0.305 e. The zero-order chi connectivity index (χ0) is 86.0. The van der Waals surface area contributed by atoms with Gasteiger partial charge in [0.1, 0.15) is 60.1 Å². The van der Waals surface area contributed by atoms with E-state index in [2.05, 4.69) is 60.5 Å². The molecule has 40 nitrogen and oxygen atoms in total. The van der Waals surface area contributed by atoms with Gasteiger partial charge >= 0.3 is 11.9 Å². The number of carboxylic acids is 2. The molecule has 9 atom stereocenters. The second kappa shape index (κ2) is 47.0. The van der Waals surface area contributed by atoms with Gasteiger partial charge in [0.05, 0.1) is 58.7 Å². The molecule has 2 aliphatic rings. The van der Waals surface area contributed by atoms with Crippen molar-refractivity contribution in [2.24, 2.45) is 5.73 Å². The van der Waals surface area contributed by atoms with Crippen LogP contribution in [0.5, 0.6) is 5.75 Å². The first kappa shape index (κ1) is 94.6. The number of nitrogens with two attached hydrogens (primary N) is 1. The molecule has 2 aliphatic heterocycles. The van der Waals surface area contributed by atoms with Crippen LogP contribution < -0.4 is 53.6 Å². The first-order valence-corrected chi connectivity index (χ1v) is 38.0. The lowest BCUT2D eigenvalue weighted by atomic mass is 10.00. The number of thiol groups is 1. The standard InChI is InChI=1S/C75H107N19O21S/c1-87(2)41-60(99)80-38-58(97)85-52(37-65(105)106)71(112)94-31-16-23-54(94)72(113)88(3)42-61(100)84-50(36-64(103)104)66(107)82-40-63(102)90(5)57(44-95)68(109)81-39-59(98)83-49(21-14-28-79-75(76)77)69(110)91(6)55(34-45-17-10-8-11-18-45)73(114)89(4)43-62(101)86-51(33-47-24-26-48(96)27-25-47)70(111)92(7)56(35-46-19-12-9-13-20-46)74(115)93-30-15-22-53(93)67(108)78-29-32-116/h8-13,17-20,24-27,49-57,95-96,116H,14-16,21-23,28-44H2,1-7H3,(H,78,108)(H,80,99)(H,81,109)(H,82,107)(H,83,98)(H,84,100)(H,85,97)(H,86,101)(H,103,104)(H,105,106)(H4,76,77,79)/t49-,50-,51-,52-,53-,54-,55-,56-,57-/m0/s1. The average Bonchev–Trinajstić information content (AvgIpc) is 1.52. The third-order valence-corrected chi connectivity index (χ3v) is 19.3. The number of carboxylic acid groups (broad SMARTS) is 2. The zero-order valence-electron chi connectivity index (χ0n) is 65.9. The van der Waals surface area contributed by atoms with Gasteiger partial charge < -0.3 is 113 Å². The van der Waals surface area contributed by atoms with Gasteiger partial charge in [0, 0.05) is 86.4 Å². The molecule has 5 rings (SSSR count). The fraction of sp³-hybridized carbons (Fsp3) is 0.520. The van der Waals surface area contributed by atoms with E-state index in [4.69, 9.17) is 11.1 Å². The summed E-state index contributed by atoms with van der Waals surface area (Å²) < 4.78 is 0. The molecule has 0 unspecified atom stereocenters. The molecular weight excluding hydrogens is 1540 g/mol. The number of phenolic OH excluding ortho intramolecular Hbond substituents is 1. The van der Waals surface area contributed by atoms with Crippen LogP contribution in [0.25, 0.3) is 0 Å². The molecular formula is C75H107N19O21S.